The predicted molar refractivity (Wildman–Crippen MR) is 80.7 cm³/mol. The number of carbonyl (C=O) groups is 1. The predicted octanol–water partition coefficient (Wildman–Crippen LogP) is 0.474. The van der Waals surface area contributed by atoms with E-state index < -0.39 is 5.60 Å². The molecule has 1 fully saturated rings. The van der Waals surface area contributed by atoms with E-state index in [0.717, 1.165) is 26.2 Å². The van der Waals surface area contributed by atoms with Gasteiger partial charge in [-0.15, -0.1) is 0 Å². The van der Waals surface area contributed by atoms with Crippen LogP contribution < -0.4 is 11.1 Å². The van der Waals surface area contributed by atoms with Crippen molar-refractivity contribution in [2.75, 3.05) is 39.8 Å². The number of nitrogens with two attached hydrogens (primary N) is 1. The van der Waals surface area contributed by atoms with Crippen LogP contribution in [0.25, 0.3) is 0 Å². The second-order valence-corrected chi connectivity index (χ2v) is 6.58. The number of rotatable bonds is 4. The van der Waals surface area contributed by atoms with Crippen molar-refractivity contribution < 1.29 is 9.53 Å². The monoisotopic (exact) mass is 286 g/mol. The zero-order valence-corrected chi connectivity index (χ0v) is 13.5. The number of nitrogens with one attached hydrogen (secondary N) is 1. The first-order valence-electron chi connectivity index (χ1n) is 7.35. The van der Waals surface area contributed by atoms with Crippen LogP contribution in [-0.4, -0.2) is 73.3 Å². The Morgan fingerprint density at radius 2 is 1.85 bits per heavy atom. The first kappa shape index (κ1) is 17.2. The zero-order chi connectivity index (χ0) is 15.3. The summed E-state index contributed by atoms with van der Waals surface area (Å²) in [6, 6.07) is 0.120. The van der Waals surface area contributed by atoms with Crippen LogP contribution >= 0.6 is 0 Å². The van der Waals surface area contributed by atoms with Crippen molar-refractivity contribution >= 4 is 6.09 Å². The van der Waals surface area contributed by atoms with Gasteiger partial charge < -0.3 is 20.7 Å². The first-order chi connectivity index (χ1) is 9.23. The van der Waals surface area contributed by atoms with Crippen molar-refractivity contribution in [1.29, 1.82) is 0 Å². The van der Waals surface area contributed by atoms with Crippen LogP contribution in [0.4, 0.5) is 4.79 Å². The summed E-state index contributed by atoms with van der Waals surface area (Å²) in [5.74, 6) is 0. The fourth-order valence-electron chi connectivity index (χ4n) is 2.41. The van der Waals surface area contributed by atoms with Gasteiger partial charge in [0.25, 0.3) is 0 Å². The number of hydrogen-bond acceptors (Lipinski definition) is 5. The van der Waals surface area contributed by atoms with Crippen LogP contribution in [0.5, 0.6) is 0 Å². The van der Waals surface area contributed by atoms with E-state index in [4.69, 9.17) is 10.5 Å². The summed E-state index contributed by atoms with van der Waals surface area (Å²) in [6.07, 6.45) is -0.377. The fourth-order valence-corrected chi connectivity index (χ4v) is 2.41. The molecule has 1 aliphatic heterocycles. The minimum absolute atomic E-state index is 0.0294. The standard InChI is InChI=1S/C14H30N4O2/c1-11(16-13(19)20-14(2,3)4)12(10-15)18-8-6-17(5)7-9-18/h11-12H,6-10,15H2,1-5H3,(H,16,19). The Morgan fingerprint density at radius 3 is 2.30 bits per heavy atom. The van der Waals surface area contributed by atoms with Crippen LogP contribution in [0.2, 0.25) is 0 Å². The number of carbonyl (C=O) groups excluding carboxylic acids is 1. The van der Waals surface area contributed by atoms with Crippen LogP contribution in [0, 0.1) is 0 Å². The lowest BCUT2D eigenvalue weighted by Gasteiger charge is -2.40. The smallest absolute Gasteiger partial charge is 0.407 e. The molecule has 6 heteroatoms. The van der Waals surface area contributed by atoms with E-state index in [-0.39, 0.29) is 18.2 Å². The SMILES string of the molecule is CC(NC(=O)OC(C)(C)C)C(CN)N1CCN(C)CC1. The van der Waals surface area contributed by atoms with Gasteiger partial charge in [-0.1, -0.05) is 0 Å². The van der Waals surface area contributed by atoms with Gasteiger partial charge in [-0.3, -0.25) is 4.90 Å². The molecule has 0 aromatic carbocycles. The third kappa shape index (κ3) is 5.64. The lowest BCUT2D eigenvalue weighted by molar-refractivity contribution is 0.0442. The van der Waals surface area contributed by atoms with E-state index in [1.54, 1.807) is 0 Å². The largest absolute Gasteiger partial charge is 0.444 e. The third-order valence-corrected chi connectivity index (χ3v) is 3.57. The summed E-state index contributed by atoms with van der Waals surface area (Å²) in [7, 11) is 2.12. The summed E-state index contributed by atoms with van der Waals surface area (Å²) < 4.78 is 5.29. The number of hydrogen-bond donors (Lipinski definition) is 2. The fraction of sp³-hybridized carbons (Fsp3) is 0.929. The molecule has 0 spiro atoms. The van der Waals surface area contributed by atoms with E-state index >= 15 is 0 Å². The van der Waals surface area contributed by atoms with E-state index in [9.17, 15) is 4.79 Å². The van der Waals surface area contributed by atoms with E-state index in [2.05, 4.69) is 22.2 Å². The lowest BCUT2D eigenvalue weighted by Crippen LogP contribution is -2.58. The van der Waals surface area contributed by atoms with Gasteiger partial charge in [0, 0.05) is 44.8 Å². The quantitative estimate of drug-likeness (QED) is 0.786. The van der Waals surface area contributed by atoms with Gasteiger partial charge in [0.05, 0.1) is 0 Å². The average Bonchev–Trinajstić information content (AvgIpc) is 2.29. The van der Waals surface area contributed by atoms with Crippen molar-refractivity contribution in [2.45, 2.75) is 45.4 Å². The highest BCUT2D eigenvalue weighted by Gasteiger charge is 2.28. The molecule has 0 saturated carbocycles. The van der Waals surface area contributed by atoms with Gasteiger partial charge in [0.1, 0.15) is 5.60 Å². The molecule has 20 heavy (non-hydrogen) atoms. The Bertz CT molecular complexity index is 309. The van der Waals surface area contributed by atoms with Gasteiger partial charge in [-0.2, -0.15) is 0 Å². The molecule has 2 unspecified atom stereocenters. The van der Waals surface area contributed by atoms with E-state index in [1.807, 2.05) is 27.7 Å². The number of ether oxygens (including phenoxy) is 1. The number of nitrogens with zero attached hydrogens (tertiary/aromatic N) is 2. The molecular formula is C14H30N4O2. The Labute approximate surface area is 122 Å². The highest BCUT2D eigenvalue weighted by molar-refractivity contribution is 5.68. The van der Waals surface area contributed by atoms with Crippen molar-refractivity contribution in [1.82, 2.24) is 15.1 Å². The minimum Gasteiger partial charge on any atom is -0.444 e. The molecule has 0 aromatic rings. The Kier molecular flexibility index (Phi) is 6.23. The molecule has 2 atom stereocenters. The maximum Gasteiger partial charge on any atom is 0.407 e. The molecule has 0 aromatic heterocycles. The summed E-state index contributed by atoms with van der Waals surface area (Å²) >= 11 is 0. The molecule has 1 amide bonds. The minimum atomic E-state index is -0.476. The second kappa shape index (κ2) is 7.24. The molecule has 0 aliphatic carbocycles. The Morgan fingerprint density at radius 1 is 1.30 bits per heavy atom. The van der Waals surface area contributed by atoms with Gasteiger partial charge in [0.2, 0.25) is 0 Å². The summed E-state index contributed by atoms with van der Waals surface area (Å²) in [5, 5.41) is 2.90. The third-order valence-electron chi connectivity index (χ3n) is 3.57. The van der Waals surface area contributed by atoms with Gasteiger partial charge >= 0.3 is 6.09 Å². The molecular weight excluding hydrogens is 256 g/mol. The normalized spacial score (nSPS) is 21.3. The molecule has 0 bridgehead atoms. The molecule has 1 saturated heterocycles. The van der Waals surface area contributed by atoms with E-state index in [0.29, 0.717) is 6.54 Å². The van der Waals surface area contributed by atoms with Crippen molar-refractivity contribution in [3.05, 3.63) is 0 Å². The van der Waals surface area contributed by atoms with Crippen LogP contribution in [-0.2, 0) is 4.74 Å². The number of likely N-dealkylation sites (N-methyl/N-ethyl adjacent to an activating group) is 1. The molecule has 1 aliphatic rings. The molecule has 6 nitrogen and oxygen atoms in total. The van der Waals surface area contributed by atoms with Crippen LogP contribution in [0.15, 0.2) is 0 Å². The van der Waals surface area contributed by atoms with Crippen LogP contribution in [0.3, 0.4) is 0 Å². The number of amides is 1. The highest BCUT2D eigenvalue weighted by atomic mass is 16.6. The molecule has 1 heterocycles. The second-order valence-electron chi connectivity index (χ2n) is 6.58. The van der Waals surface area contributed by atoms with Gasteiger partial charge in [-0.25, -0.2) is 4.79 Å². The zero-order valence-electron chi connectivity index (χ0n) is 13.5. The van der Waals surface area contributed by atoms with Gasteiger partial charge in [0.15, 0.2) is 0 Å². The highest BCUT2D eigenvalue weighted by Crippen LogP contribution is 2.10. The number of alkyl carbamates (subject to hydrolysis) is 1. The summed E-state index contributed by atoms with van der Waals surface area (Å²) in [5.41, 5.74) is 5.42. The maximum absolute atomic E-state index is 11.8. The lowest BCUT2D eigenvalue weighted by atomic mass is 10.1. The van der Waals surface area contributed by atoms with Crippen molar-refractivity contribution in [3.8, 4) is 0 Å². The Balaban J connectivity index is 2.50. The Hall–Kier alpha value is -0.850. The van der Waals surface area contributed by atoms with E-state index in [1.165, 1.54) is 0 Å². The van der Waals surface area contributed by atoms with Crippen LogP contribution in [0.1, 0.15) is 27.7 Å². The van der Waals surface area contributed by atoms with Gasteiger partial charge in [-0.05, 0) is 34.7 Å². The molecule has 1 rings (SSSR count). The average molecular weight is 286 g/mol. The molecule has 3 N–H and O–H groups in total. The topological polar surface area (TPSA) is 70.8 Å². The van der Waals surface area contributed by atoms with Crippen molar-refractivity contribution in [2.24, 2.45) is 5.73 Å². The molecule has 0 radical (unpaired) electrons. The maximum atomic E-state index is 11.8. The first-order valence-corrected chi connectivity index (χ1v) is 7.35. The number of piperazine rings is 1. The van der Waals surface area contributed by atoms with Crippen molar-refractivity contribution in [3.63, 3.8) is 0 Å². The summed E-state index contributed by atoms with van der Waals surface area (Å²) in [6.45, 7) is 12.1. The molecule has 118 valence electrons. The summed E-state index contributed by atoms with van der Waals surface area (Å²) in [4.78, 5) is 16.5.